The molecule has 1 aliphatic heterocycles. The number of anilines is 2. The zero-order valence-corrected chi connectivity index (χ0v) is 18.9. The van der Waals surface area contributed by atoms with Crippen LogP contribution in [-0.2, 0) is 9.59 Å². The van der Waals surface area contributed by atoms with Crippen LogP contribution in [0.2, 0.25) is 5.02 Å². The van der Waals surface area contributed by atoms with Gasteiger partial charge in [0.05, 0.1) is 17.9 Å². The minimum Gasteiger partial charge on any atom is -0.492 e. The van der Waals surface area contributed by atoms with Gasteiger partial charge in [0, 0.05) is 10.7 Å². The van der Waals surface area contributed by atoms with E-state index in [-0.39, 0.29) is 11.3 Å². The largest absolute Gasteiger partial charge is 0.492 e. The molecule has 1 aliphatic rings. The second-order valence-corrected chi connectivity index (χ2v) is 7.96. The third-order valence-corrected chi connectivity index (χ3v) is 5.65. The van der Waals surface area contributed by atoms with Gasteiger partial charge in [-0.2, -0.15) is 0 Å². The Labute approximate surface area is 192 Å². The summed E-state index contributed by atoms with van der Waals surface area (Å²) in [5, 5.41) is 3.75. The maximum atomic E-state index is 13.6. The van der Waals surface area contributed by atoms with Gasteiger partial charge < -0.3 is 10.1 Å². The van der Waals surface area contributed by atoms with Crippen molar-refractivity contribution in [3.05, 3.63) is 94.1 Å². The minimum atomic E-state index is -0.440. The quantitative estimate of drug-likeness (QED) is 0.489. The first-order valence-corrected chi connectivity index (χ1v) is 10.7. The van der Waals surface area contributed by atoms with E-state index in [2.05, 4.69) is 5.32 Å². The SMILES string of the molecule is CCOc1ccccc1N1C(=O)C(Nc2ccc(C)c(C)c2)=C(c2ccc(Cl)cc2)C1=O. The monoisotopic (exact) mass is 446 g/mol. The van der Waals surface area contributed by atoms with Crippen LogP contribution < -0.4 is 15.0 Å². The highest BCUT2D eigenvalue weighted by Gasteiger charge is 2.41. The first kappa shape index (κ1) is 21.7. The van der Waals surface area contributed by atoms with Crippen molar-refractivity contribution in [2.75, 3.05) is 16.8 Å². The van der Waals surface area contributed by atoms with E-state index in [0.29, 0.717) is 28.6 Å². The standard InChI is InChI=1S/C26H23ClN2O3/c1-4-32-22-8-6-5-7-21(22)29-25(30)23(18-10-12-19(27)13-11-18)24(26(29)31)28-20-14-9-16(2)17(3)15-20/h5-15,28H,4H2,1-3H3. The van der Waals surface area contributed by atoms with Gasteiger partial charge in [-0.1, -0.05) is 41.9 Å². The number of carbonyl (C=O) groups is 2. The fraction of sp³-hybridized carbons (Fsp3) is 0.154. The fourth-order valence-electron chi connectivity index (χ4n) is 3.63. The van der Waals surface area contributed by atoms with Gasteiger partial charge >= 0.3 is 0 Å². The summed E-state index contributed by atoms with van der Waals surface area (Å²) in [4.78, 5) is 28.3. The molecule has 0 aliphatic carbocycles. The number of benzene rings is 3. The average molecular weight is 447 g/mol. The molecule has 0 unspecified atom stereocenters. The summed E-state index contributed by atoms with van der Waals surface area (Å²) < 4.78 is 5.68. The summed E-state index contributed by atoms with van der Waals surface area (Å²) in [5.74, 6) is -0.388. The summed E-state index contributed by atoms with van der Waals surface area (Å²) in [6, 6.07) is 19.7. The van der Waals surface area contributed by atoms with Crippen molar-refractivity contribution in [3.8, 4) is 5.75 Å². The van der Waals surface area contributed by atoms with E-state index in [1.807, 2.05) is 39.0 Å². The molecule has 3 aromatic rings. The second-order valence-electron chi connectivity index (χ2n) is 7.53. The number of halogens is 1. The van der Waals surface area contributed by atoms with E-state index < -0.39 is 11.8 Å². The van der Waals surface area contributed by atoms with E-state index in [0.717, 1.165) is 21.7 Å². The molecule has 0 spiro atoms. The molecule has 0 bridgehead atoms. The van der Waals surface area contributed by atoms with Gasteiger partial charge in [0.25, 0.3) is 11.8 Å². The van der Waals surface area contributed by atoms with Crippen LogP contribution in [0.25, 0.3) is 5.57 Å². The first-order chi connectivity index (χ1) is 15.4. The van der Waals surface area contributed by atoms with Crippen LogP contribution >= 0.6 is 11.6 Å². The average Bonchev–Trinajstić information content (AvgIpc) is 3.01. The summed E-state index contributed by atoms with van der Waals surface area (Å²) in [5.41, 5.74) is 4.48. The van der Waals surface area contributed by atoms with Crippen LogP contribution in [0.5, 0.6) is 5.75 Å². The third-order valence-electron chi connectivity index (χ3n) is 5.40. The topological polar surface area (TPSA) is 58.6 Å². The van der Waals surface area contributed by atoms with Gasteiger partial charge in [-0.25, -0.2) is 4.90 Å². The molecule has 2 amide bonds. The molecule has 5 nitrogen and oxygen atoms in total. The van der Waals surface area contributed by atoms with Crippen LogP contribution in [0.15, 0.2) is 72.4 Å². The molecule has 1 N–H and O–H groups in total. The number of hydrogen-bond donors (Lipinski definition) is 1. The Morgan fingerprint density at radius 1 is 0.906 bits per heavy atom. The predicted molar refractivity (Wildman–Crippen MR) is 128 cm³/mol. The molecule has 0 saturated heterocycles. The molecular weight excluding hydrogens is 424 g/mol. The van der Waals surface area contributed by atoms with Crippen LogP contribution in [0.1, 0.15) is 23.6 Å². The molecular formula is C26H23ClN2O3. The normalized spacial score (nSPS) is 13.7. The van der Waals surface area contributed by atoms with Crippen LogP contribution in [0.3, 0.4) is 0 Å². The smallest absolute Gasteiger partial charge is 0.282 e. The zero-order chi connectivity index (χ0) is 22.8. The van der Waals surface area contributed by atoms with E-state index >= 15 is 0 Å². The summed E-state index contributed by atoms with van der Waals surface area (Å²) in [6.45, 7) is 6.29. The molecule has 0 atom stereocenters. The summed E-state index contributed by atoms with van der Waals surface area (Å²) in [6.07, 6.45) is 0. The molecule has 0 fully saturated rings. The number of hydrogen-bond acceptors (Lipinski definition) is 4. The Kier molecular flexibility index (Phi) is 6.01. The van der Waals surface area contributed by atoms with Crippen LogP contribution in [0.4, 0.5) is 11.4 Å². The second kappa shape index (κ2) is 8.89. The van der Waals surface area contributed by atoms with Crippen LogP contribution in [0, 0.1) is 13.8 Å². The minimum absolute atomic E-state index is 0.215. The number of ether oxygens (including phenoxy) is 1. The maximum Gasteiger partial charge on any atom is 0.282 e. The van der Waals surface area contributed by atoms with Crippen molar-refractivity contribution >= 4 is 40.4 Å². The predicted octanol–water partition coefficient (Wildman–Crippen LogP) is 5.75. The third kappa shape index (κ3) is 3.99. The fourth-order valence-corrected chi connectivity index (χ4v) is 3.76. The highest BCUT2D eigenvalue weighted by Crippen LogP contribution is 2.38. The first-order valence-electron chi connectivity index (χ1n) is 10.4. The summed E-state index contributed by atoms with van der Waals surface area (Å²) in [7, 11) is 0. The van der Waals surface area contributed by atoms with Crippen molar-refractivity contribution < 1.29 is 14.3 Å². The van der Waals surface area contributed by atoms with Crippen molar-refractivity contribution in [2.45, 2.75) is 20.8 Å². The number of para-hydroxylation sites is 2. The van der Waals surface area contributed by atoms with Crippen molar-refractivity contribution in [1.82, 2.24) is 0 Å². The van der Waals surface area contributed by atoms with Crippen LogP contribution in [-0.4, -0.2) is 18.4 Å². The molecule has 162 valence electrons. The Bertz CT molecular complexity index is 1230. The lowest BCUT2D eigenvalue weighted by atomic mass is 10.0. The Balaban J connectivity index is 1.83. The van der Waals surface area contributed by atoms with Gasteiger partial charge in [0.15, 0.2) is 0 Å². The molecule has 32 heavy (non-hydrogen) atoms. The Morgan fingerprint density at radius 2 is 1.62 bits per heavy atom. The number of carbonyl (C=O) groups excluding carboxylic acids is 2. The molecule has 1 heterocycles. The maximum absolute atomic E-state index is 13.6. The Morgan fingerprint density at radius 3 is 2.31 bits per heavy atom. The number of imide groups is 1. The number of rotatable bonds is 6. The zero-order valence-electron chi connectivity index (χ0n) is 18.1. The van der Waals surface area contributed by atoms with E-state index in [1.54, 1.807) is 48.5 Å². The highest BCUT2D eigenvalue weighted by molar-refractivity contribution is 6.46. The van der Waals surface area contributed by atoms with Crippen molar-refractivity contribution in [2.24, 2.45) is 0 Å². The highest BCUT2D eigenvalue weighted by atomic mass is 35.5. The number of nitrogens with zero attached hydrogens (tertiary/aromatic N) is 1. The molecule has 4 rings (SSSR count). The van der Waals surface area contributed by atoms with Gasteiger partial charge in [-0.3, -0.25) is 9.59 Å². The number of nitrogens with one attached hydrogen (secondary N) is 1. The lowest BCUT2D eigenvalue weighted by molar-refractivity contribution is -0.120. The van der Waals surface area contributed by atoms with E-state index in [9.17, 15) is 9.59 Å². The summed E-state index contributed by atoms with van der Waals surface area (Å²) >= 11 is 6.05. The molecule has 0 saturated carbocycles. The molecule has 0 radical (unpaired) electrons. The molecule has 0 aromatic heterocycles. The molecule has 3 aromatic carbocycles. The van der Waals surface area contributed by atoms with Crippen molar-refractivity contribution in [3.63, 3.8) is 0 Å². The molecule has 6 heteroatoms. The van der Waals surface area contributed by atoms with Gasteiger partial charge in [0.2, 0.25) is 0 Å². The number of amides is 2. The Hall–Kier alpha value is -3.57. The van der Waals surface area contributed by atoms with Gasteiger partial charge in [-0.05, 0) is 73.9 Å². The van der Waals surface area contributed by atoms with E-state index in [1.165, 1.54) is 0 Å². The van der Waals surface area contributed by atoms with Gasteiger partial charge in [-0.15, -0.1) is 0 Å². The number of aryl methyl sites for hydroxylation is 2. The van der Waals surface area contributed by atoms with Gasteiger partial charge in [0.1, 0.15) is 11.4 Å². The van der Waals surface area contributed by atoms with E-state index in [4.69, 9.17) is 16.3 Å². The lowest BCUT2D eigenvalue weighted by Crippen LogP contribution is -2.32. The lowest BCUT2D eigenvalue weighted by Gasteiger charge is -2.19. The van der Waals surface area contributed by atoms with Crippen molar-refractivity contribution in [1.29, 1.82) is 0 Å².